The van der Waals surface area contributed by atoms with Crippen molar-refractivity contribution in [2.45, 2.75) is 67.4 Å². The quantitative estimate of drug-likeness (QED) is 0.367. The second kappa shape index (κ2) is 13.4. The Bertz CT molecular complexity index is 1240. The fourth-order valence-electron chi connectivity index (χ4n) is 5.65. The molecule has 39 heavy (non-hydrogen) atoms. The highest BCUT2D eigenvalue weighted by Crippen LogP contribution is 2.37. The van der Waals surface area contributed by atoms with Gasteiger partial charge in [-0.3, -0.25) is 4.79 Å². The van der Waals surface area contributed by atoms with Crippen LogP contribution >= 0.6 is 34.8 Å². The summed E-state index contributed by atoms with van der Waals surface area (Å²) in [5.74, 6) is 0.232. The van der Waals surface area contributed by atoms with Crippen LogP contribution in [0, 0.1) is 5.92 Å². The molecule has 0 aromatic heterocycles. The number of hydrogen-bond acceptors (Lipinski definition) is 6. The molecule has 2 unspecified atom stereocenters. The number of benzene rings is 2. The third-order valence-electron chi connectivity index (χ3n) is 7.55. The molecule has 7 nitrogen and oxygen atoms in total. The zero-order valence-corrected chi connectivity index (χ0v) is 25.3. The molecule has 2 aliphatic rings. The minimum Gasteiger partial charge on any atom is -0.377 e. The zero-order chi connectivity index (χ0) is 28.2. The molecule has 0 bridgehead atoms. The minimum atomic E-state index is -4.13. The van der Waals surface area contributed by atoms with Crippen molar-refractivity contribution in [3.05, 3.63) is 57.0 Å². The Morgan fingerprint density at radius 2 is 1.74 bits per heavy atom. The average Bonchev–Trinajstić information content (AvgIpc) is 3.39. The van der Waals surface area contributed by atoms with Gasteiger partial charge >= 0.3 is 0 Å². The zero-order valence-electron chi connectivity index (χ0n) is 22.3. The molecule has 1 saturated carbocycles. The van der Waals surface area contributed by atoms with Crippen molar-refractivity contribution in [2.24, 2.45) is 5.92 Å². The van der Waals surface area contributed by atoms with E-state index in [1.54, 1.807) is 0 Å². The Labute approximate surface area is 246 Å². The number of anilines is 1. The standard InChI is InChI=1S/C28H36Cl3N3O4S/c1-34(2)25-8-4-3-6-19(25)14-18-9-11-21(12-10-18)33-26(35)17-38-28(24-7-5-13-32-24)39(36,37)27-22(30)15-20(29)16-23(27)31/h3-4,6,8,15-16,18,21,24,28,32H,5,7,9-14,17H2,1-2H3,(H,33,35). The van der Waals surface area contributed by atoms with Gasteiger partial charge in [0.15, 0.2) is 5.44 Å². The molecule has 2 atom stereocenters. The van der Waals surface area contributed by atoms with Crippen molar-refractivity contribution in [1.29, 1.82) is 0 Å². The van der Waals surface area contributed by atoms with Crippen LogP contribution < -0.4 is 15.5 Å². The number of carbonyl (C=O) groups excluding carboxylic acids is 1. The molecule has 1 aliphatic carbocycles. The fraction of sp³-hybridized carbons (Fsp3) is 0.536. The van der Waals surface area contributed by atoms with Gasteiger partial charge in [-0.05, 0) is 81.2 Å². The number of sulfone groups is 1. The predicted octanol–water partition coefficient (Wildman–Crippen LogP) is 5.50. The average molecular weight is 617 g/mol. The van der Waals surface area contributed by atoms with Gasteiger partial charge in [-0.1, -0.05) is 53.0 Å². The number of nitrogens with zero attached hydrogens (tertiary/aromatic N) is 1. The molecule has 2 N–H and O–H groups in total. The maximum atomic E-state index is 13.6. The van der Waals surface area contributed by atoms with Crippen molar-refractivity contribution < 1.29 is 17.9 Å². The summed E-state index contributed by atoms with van der Waals surface area (Å²) in [6.45, 7) is 0.289. The molecule has 2 aromatic carbocycles. The lowest BCUT2D eigenvalue weighted by Crippen LogP contribution is -2.45. The summed E-state index contributed by atoms with van der Waals surface area (Å²) in [4.78, 5) is 14.7. The molecule has 11 heteroatoms. The summed E-state index contributed by atoms with van der Waals surface area (Å²) in [6.07, 6.45) is 6.20. The van der Waals surface area contributed by atoms with E-state index in [1.165, 1.54) is 23.4 Å². The second-order valence-electron chi connectivity index (χ2n) is 10.6. The Hall–Kier alpha value is -1.55. The van der Waals surface area contributed by atoms with Crippen LogP contribution in [0.1, 0.15) is 44.1 Å². The van der Waals surface area contributed by atoms with E-state index >= 15 is 0 Å². The van der Waals surface area contributed by atoms with Crippen LogP contribution in [0.3, 0.4) is 0 Å². The second-order valence-corrected chi connectivity index (χ2v) is 13.9. The third-order valence-corrected chi connectivity index (χ3v) is 10.7. The largest absolute Gasteiger partial charge is 0.377 e. The number of amides is 1. The summed E-state index contributed by atoms with van der Waals surface area (Å²) in [5, 5.41) is 6.30. The van der Waals surface area contributed by atoms with Crippen LogP contribution in [0.25, 0.3) is 0 Å². The monoisotopic (exact) mass is 615 g/mol. The fourth-order valence-corrected chi connectivity index (χ4v) is 8.92. The van der Waals surface area contributed by atoms with Crippen molar-refractivity contribution >= 4 is 56.2 Å². The van der Waals surface area contributed by atoms with Crippen LogP contribution in [-0.4, -0.2) is 59.1 Å². The van der Waals surface area contributed by atoms with E-state index in [1.807, 2.05) is 0 Å². The van der Waals surface area contributed by atoms with Gasteiger partial charge in [0.2, 0.25) is 15.7 Å². The van der Waals surface area contributed by atoms with Crippen molar-refractivity contribution in [3.8, 4) is 0 Å². The van der Waals surface area contributed by atoms with Gasteiger partial charge in [0.25, 0.3) is 0 Å². The molecule has 214 valence electrons. The van der Waals surface area contributed by atoms with E-state index in [4.69, 9.17) is 39.5 Å². The van der Waals surface area contributed by atoms with Gasteiger partial charge < -0.3 is 20.3 Å². The maximum absolute atomic E-state index is 13.6. The van der Waals surface area contributed by atoms with Crippen molar-refractivity contribution in [2.75, 3.05) is 32.1 Å². The van der Waals surface area contributed by atoms with Gasteiger partial charge in [0.1, 0.15) is 11.5 Å². The number of rotatable bonds is 10. The Kier molecular flexibility index (Phi) is 10.5. The van der Waals surface area contributed by atoms with E-state index in [9.17, 15) is 13.2 Å². The van der Waals surface area contributed by atoms with Crippen molar-refractivity contribution in [1.82, 2.24) is 10.6 Å². The molecule has 1 amide bonds. The first-order chi connectivity index (χ1) is 18.6. The van der Waals surface area contributed by atoms with E-state index in [0.717, 1.165) is 38.5 Å². The highest BCUT2D eigenvalue weighted by molar-refractivity contribution is 7.92. The van der Waals surface area contributed by atoms with Crippen LogP contribution in [0.2, 0.25) is 15.1 Å². The third kappa shape index (κ3) is 7.60. The molecular weight excluding hydrogens is 581 g/mol. The minimum absolute atomic E-state index is 0.0428. The first kappa shape index (κ1) is 30.4. The number of nitrogens with one attached hydrogen (secondary N) is 2. The van der Waals surface area contributed by atoms with Gasteiger partial charge in [0.05, 0.1) is 10.0 Å². The van der Waals surface area contributed by atoms with E-state index < -0.39 is 21.3 Å². The number of hydrogen-bond donors (Lipinski definition) is 2. The van der Waals surface area contributed by atoms with Gasteiger partial charge in [-0.2, -0.15) is 0 Å². The first-order valence-corrected chi connectivity index (χ1v) is 16.0. The number of carbonyl (C=O) groups is 1. The summed E-state index contributed by atoms with van der Waals surface area (Å²) < 4.78 is 33.0. The molecular formula is C28H36Cl3N3O4S. The van der Waals surface area contributed by atoms with Crippen molar-refractivity contribution in [3.63, 3.8) is 0 Å². The molecule has 2 aromatic rings. The maximum Gasteiger partial charge on any atom is 0.246 e. The number of ether oxygens (including phenoxy) is 1. The molecule has 1 heterocycles. The van der Waals surface area contributed by atoms with Crippen LogP contribution in [0.5, 0.6) is 0 Å². The molecule has 2 fully saturated rings. The highest BCUT2D eigenvalue weighted by atomic mass is 35.5. The lowest BCUT2D eigenvalue weighted by atomic mass is 9.82. The Morgan fingerprint density at radius 1 is 1.08 bits per heavy atom. The summed E-state index contributed by atoms with van der Waals surface area (Å²) in [6, 6.07) is 10.7. The summed E-state index contributed by atoms with van der Waals surface area (Å²) in [7, 11) is -0.00867. The Balaban J connectivity index is 1.34. The normalized spacial score (nSPS) is 22.4. The first-order valence-electron chi connectivity index (χ1n) is 13.3. The molecule has 1 aliphatic heterocycles. The van der Waals surface area contributed by atoms with Crippen LogP contribution in [0.15, 0.2) is 41.3 Å². The van der Waals surface area contributed by atoms with Gasteiger partial charge in [-0.15, -0.1) is 0 Å². The molecule has 0 radical (unpaired) electrons. The molecule has 4 rings (SSSR count). The summed E-state index contributed by atoms with van der Waals surface area (Å²) >= 11 is 18.5. The number of para-hydroxylation sites is 1. The Morgan fingerprint density at radius 3 is 2.36 bits per heavy atom. The predicted molar refractivity (Wildman–Crippen MR) is 158 cm³/mol. The van der Waals surface area contributed by atoms with E-state index in [0.29, 0.717) is 18.9 Å². The molecule has 0 spiro atoms. The molecule has 1 saturated heterocycles. The lowest BCUT2D eigenvalue weighted by Gasteiger charge is -2.30. The number of halogens is 3. The van der Waals surface area contributed by atoms with E-state index in [-0.39, 0.29) is 38.5 Å². The van der Waals surface area contributed by atoms with Gasteiger partial charge in [0, 0.05) is 36.9 Å². The summed E-state index contributed by atoms with van der Waals surface area (Å²) in [5.41, 5.74) is 1.28. The highest BCUT2D eigenvalue weighted by Gasteiger charge is 2.40. The van der Waals surface area contributed by atoms with Crippen LogP contribution in [-0.2, 0) is 25.8 Å². The topological polar surface area (TPSA) is 87.7 Å². The van der Waals surface area contributed by atoms with Gasteiger partial charge in [-0.25, -0.2) is 8.42 Å². The SMILES string of the molecule is CN(C)c1ccccc1CC1CCC(NC(=O)COC(C2CCCN2)S(=O)(=O)c2c(Cl)cc(Cl)cc2Cl)CC1. The lowest BCUT2D eigenvalue weighted by molar-refractivity contribution is -0.127. The van der Waals surface area contributed by atoms with Crippen LogP contribution in [0.4, 0.5) is 5.69 Å². The van der Waals surface area contributed by atoms with E-state index in [2.05, 4.69) is 53.9 Å². The smallest absolute Gasteiger partial charge is 0.246 e.